The zero-order chi connectivity index (χ0) is 9.42. The van der Waals surface area contributed by atoms with Crippen molar-refractivity contribution in [1.82, 2.24) is 0 Å². The predicted octanol–water partition coefficient (Wildman–Crippen LogP) is 3.98. The molecule has 0 atom stereocenters. The molecular weight excluding hydrogens is 361 g/mol. The molecule has 13 heavy (non-hydrogen) atoms. The Morgan fingerprint density at radius 1 is 1.38 bits per heavy atom. The lowest BCUT2D eigenvalue weighted by atomic mass is 10.2. The second kappa shape index (κ2) is 3.74. The Hall–Kier alpha value is 0.190. The van der Waals surface area contributed by atoms with E-state index in [1.54, 1.807) is 11.3 Å². The molecule has 0 fully saturated rings. The highest BCUT2D eigenvalue weighted by Gasteiger charge is 2.03. The fourth-order valence-corrected chi connectivity index (χ4v) is 3.14. The summed E-state index contributed by atoms with van der Waals surface area (Å²) in [4.78, 5) is 1.34. The van der Waals surface area contributed by atoms with Crippen LogP contribution in [0.25, 0.3) is 10.1 Å². The lowest BCUT2D eigenvalue weighted by molar-refractivity contribution is 1.59. The molecule has 2 rings (SSSR count). The summed E-state index contributed by atoms with van der Waals surface area (Å²) in [5.74, 6) is 0. The summed E-state index contributed by atoms with van der Waals surface area (Å²) in [6.45, 7) is 0. The van der Waals surface area contributed by atoms with Crippen LogP contribution in [0.3, 0.4) is 0 Å². The van der Waals surface area contributed by atoms with Crippen LogP contribution in [0.15, 0.2) is 18.2 Å². The minimum absolute atomic E-state index is 0.871. The van der Waals surface area contributed by atoms with E-state index in [2.05, 4.69) is 50.7 Å². The molecule has 0 aliphatic rings. The van der Waals surface area contributed by atoms with Gasteiger partial charge in [-0.15, -0.1) is 11.3 Å². The van der Waals surface area contributed by atoms with Crippen LogP contribution in [0.1, 0.15) is 4.88 Å². The van der Waals surface area contributed by atoms with Gasteiger partial charge in [0.15, 0.2) is 0 Å². The van der Waals surface area contributed by atoms with Gasteiger partial charge in [-0.1, -0.05) is 15.9 Å². The van der Waals surface area contributed by atoms with E-state index < -0.39 is 0 Å². The summed E-state index contributed by atoms with van der Waals surface area (Å²) < 4.78 is 2.40. The third-order valence-electron chi connectivity index (χ3n) is 1.82. The monoisotopic (exact) mass is 367 g/mol. The van der Waals surface area contributed by atoms with Crippen molar-refractivity contribution in [3.05, 3.63) is 26.6 Å². The molecular formula is C9H7BrINS. The molecule has 1 aromatic heterocycles. The second-order valence-electron chi connectivity index (χ2n) is 2.76. The van der Waals surface area contributed by atoms with Gasteiger partial charge in [-0.25, -0.2) is 0 Å². The molecule has 2 aromatic rings. The number of halogens is 2. The standard InChI is InChI=1S/C9H7BrINS/c10-4-6-1-5-2-7(11)8(12)3-9(5)13-6/h1-3H,4,12H2. The van der Waals surface area contributed by atoms with Gasteiger partial charge in [-0.05, 0) is 46.2 Å². The molecule has 0 saturated heterocycles. The first-order chi connectivity index (χ1) is 6.20. The third kappa shape index (κ3) is 1.85. The zero-order valence-electron chi connectivity index (χ0n) is 6.68. The molecule has 0 saturated carbocycles. The quantitative estimate of drug-likeness (QED) is 0.460. The fourth-order valence-electron chi connectivity index (χ4n) is 1.20. The van der Waals surface area contributed by atoms with Gasteiger partial charge >= 0.3 is 0 Å². The highest BCUT2D eigenvalue weighted by molar-refractivity contribution is 14.1. The van der Waals surface area contributed by atoms with Crippen molar-refractivity contribution in [2.24, 2.45) is 0 Å². The topological polar surface area (TPSA) is 26.0 Å². The van der Waals surface area contributed by atoms with Crippen molar-refractivity contribution in [2.75, 3.05) is 5.73 Å². The Balaban J connectivity index is 2.70. The third-order valence-corrected chi connectivity index (χ3v) is 4.83. The van der Waals surface area contributed by atoms with Crippen LogP contribution >= 0.6 is 49.9 Å². The summed E-state index contributed by atoms with van der Waals surface area (Å²) >= 11 is 7.50. The Bertz CT molecular complexity index is 413. The van der Waals surface area contributed by atoms with Gasteiger partial charge in [0.2, 0.25) is 0 Å². The SMILES string of the molecule is Nc1cc2sc(CBr)cc2cc1I. The number of nitrogens with two attached hydrogens (primary N) is 1. The van der Waals surface area contributed by atoms with Gasteiger partial charge in [-0.3, -0.25) is 0 Å². The van der Waals surface area contributed by atoms with E-state index in [1.807, 2.05) is 6.07 Å². The van der Waals surface area contributed by atoms with Crippen molar-refractivity contribution in [2.45, 2.75) is 5.33 Å². The van der Waals surface area contributed by atoms with Crippen LogP contribution in [0.4, 0.5) is 5.69 Å². The molecule has 0 amide bonds. The van der Waals surface area contributed by atoms with Crippen molar-refractivity contribution in [1.29, 1.82) is 0 Å². The molecule has 1 nitrogen and oxygen atoms in total. The number of rotatable bonds is 1. The van der Waals surface area contributed by atoms with Gasteiger partial charge in [0.1, 0.15) is 0 Å². The van der Waals surface area contributed by atoms with E-state index in [0.29, 0.717) is 0 Å². The molecule has 0 radical (unpaired) electrons. The normalized spacial score (nSPS) is 10.9. The predicted molar refractivity (Wildman–Crippen MR) is 71.6 cm³/mol. The number of thiophene rings is 1. The molecule has 0 spiro atoms. The van der Waals surface area contributed by atoms with Crippen molar-refractivity contribution in [3.8, 4) is 0 Å². The van der Waals surface area contributed by atoms with E-state index in [0.717, 1.165) is 14.6 Å². The highest BCUT2D eigenvalue weighted by atomic mass is 127. The fraction of sp³-hybridized carbons (Fsp3) is 0.111. The van der Waals surface area contributed by atoms with E-state index >= 15 is 0 Å². The van der Waals surface area contributed by atoms with Gasteiger partial charge in [-0.2, -0.15) is 0 Å². The Labute approximate surface area is 103 Å². The molecule has 1 heterocycles. The van der Waals surface area contributed by atoms with E-state index in [4.69, 9.17) is 5.73 Å². The molecule has 0 unspecified atom stereocenters. The van der Waals surface area contributed by atoms with Crippen LogP contribution in [-0.4, -0.2) is 0 Å². The molecule has 4 heteroatoms. The van der Waals surface area contributed by atoms with Gasteiger partial charge in [0.25, 0.3) is 0 Å². The molecule has 68 valence electrons. The summed E-state index contributed by atoms with van der Waals surface area (Å²) in [7, 11) is 0. The number of benzene rings is 1. The number of anilines is 1. The summed E-state index contributed by atoms with van der Waals surface area (Å²) in [5, 5.41) is 2.21. The second-order valence-corrected chi connectivity index (χ2v) is 5.65. The van der Waals surface area contributed by atoms with Crippen LogP contribution < -0.4 is 5.73 Å². The number of hydrogen-bond acceptors (Lipinski definition) is 2. The first-order valence-corrected chi connectivity index (χ1v) is 6.76. The maximum Gasteiger partial charge on any atom is 0.0464 e. The Morgan fingerprint density at radius 3 is 2.85 bits per heavy atom. The summed E-state index contributed by atoms with van der Waals surface area (Å²) in [5.41, 5.74) is 6.70. The summed E-state index contributed by atoms with van der Waals surface area (Å²) in [6, 6.07) is 6.39. The minimum atomic E-state index is 0.871. The average molecular weight is 368 g/mol. The molecule has 1 aromatic carbocycles. The Morgan fingerprint density at radius 2 is 2.15 bits per heavy atom. The van der Waals surface area contributed by atoms with E-state index in [1.165, 1.54) is 15.0 Å². The number of fused-ring (bicyclic) bond motifs is 1. The lowest BCUT2D eigenvalue weighted by Crippen LogP contribution is -1.86. The van der Waals surface area contributed by atoms with Gasteiger partial charge in [0, 0.05) is 24.2 Å². The zero-order valence-corrected chi connectivity index (χ0v) is 11.2. The first-order valence-electron chi connectivity index (χ1n) is 3.74. The number of nitrogen functional groups attached to an aromatic ring is 1. The van der Waals surface area contributed by atoms with E-state index in [9.17, 15) is 0 Å². The maximum atomic E-state index is 5.82. The first kappa shape index (κ1) is 9.73. The van der Waals surface area contributed by atoms with Crippen molar-refractivity contribution in [3.63, 3.8) is 0 Å². The number of hydrogen-bond donors (Lipinski definition) is 1. The molecule has 0 aliphatic carbocycles. The van der Waals surface area contributed by atoms with Crippen LogP contribution in [-0.2, 0) is 5.33 Å². The smallest absolute Gasteiger partial charge is 0.0464 e. The van der Waals surface area contributed by atoms with Gasteiger partial charge < -0.3 is 5.73 Å². The maximum absolute atomic E-state index is 5.82. The Kier molecular flexibility index (Phi) is 2.80. The highest BCUT2D eigenvalue weighted by Crippen LogP contribution is 2.31. The van der Waals surface area contributed by atoms with Crippen LogP contribution in [0.5, 0.6) is 0 Å². The molecule has 0 aliphatic heterocycles. The molecule has 0 bridgehead atoms. The number of alkyl halides is 1. The minimum Gasteiger partial charge on any atom is -0.398 e. The largest absolute Gasteiger partial charge is 0.398 e. The van der Waals surface area contributed by atoms with Gasteiger partial charge in [0.05, 0.1) is 0 Å². The van der Waals surface area contributed by atoms with E-state index in [-0.39, 0.29) is 0 Å². The van der Waals surface area contributed by atoms with Crippen molar-refractivity contribution < 1.29 is 0 Å². The molecule has 2 N–H and O–H groups in total. The van der Waals surface area contributed by atoms with Crippen LogP contribution in [0, 0.1) is 3.57 Å². The lowest BCUT2D eigenvalue weighted by Gasteiger charge is -1.96. The summed E-state index contributed by atoms with van der Waals surface area (Å²) in [6.07, 6.45) is 0. The van der Waals surface area contributed by atoms with Crippen LogP contribution in [0.2, 0.25) is 0 Å². The van der Waals surface area contributed by atoms with Crippen molar-refractivity contribution >= 4 is 65.6 Å². The average Bonchev–Trinajstić information content (AvgIpc) is 2.48.